The van der Waals surface area contributed by atoms with Gasteiger partial charge in [-0.25, -0.2) is 0 Å². The maximum Gasteiger partial charge on any atom is 0.203 e. The Labute approximate surface area is 265 Å². The molecule has 0 radical (unpaired) electrons. The van der Waals surface area contributed by atoms with Crippen LogP contribution in [0.15, 0.2) is 107 Å². The lowest BCUT2D eigenvalue weighted by Gasteiger charge is -2.37. The molecular weight excluding hydrogens is 548 g/mol. The first kappa shape index (κ1) is 35.6. The van der Waals surface area contributed by atoms with Crippen molar-refractivity contribution in [1.29, 1.82) is 0 Å². The summed E-state index contributed by atoms with van der Waals surface area (Å²) in [6.45, 7) is 18.2. The van der Waals surface area contributed by atoms with Crippen LogP contribution in [0.4, 0.5) is 0 Å². The third kappa shape index (κ3) is 8.06. The summed E-state index contributed by atoms with van der Waals surface area (Å²) in [5, 5.41) is 30.9. The molecule has 3 aliphatic rings. The number of aliphatic hydroxyl groups excluding tert-OH is 2. The van der Waals surface area contributed by atoms with Crippen LogP contribution in [0.2, 0.25) is 0 Å². The van der Waals surface area contributed by atoms with Gasteiger partial charge in [-0.05, 0) is 64.5 Å². The van der Waals surface area contributed by atoms with E-state index < -0.39 is 29.0 Å². The first-order chi connectivity index (χ1) is 20.4. The molecule has 240 valence electrons. The second-order valence-corrected chi connectivity index (χ2v) is 14.6. The molecule has 44 heavy (non-hydrogen) atoms. The molecule has 0 aromatic heterocycles. The Bertz CT molecular complexity index is 1360. The first-order valence-corrected chi connectivity index (χ1v) is 15.8. The van der Waals surface area contributed by atoms with Gasteiger partial charge in [-0.15, -0.1) is 0 Å². The Kier molecular flexibility index (Phi) is 11.1. The van der Waals surface area contributed by atoms with Gasteiger partial charge in [-0.3, -0.25) is 4.79 Å². The Morgan fingerprint density at radius 1 is 0.614 bits per heavy atom. The van der Waals surface area contributed by atoms with Crippen LogP contribution in [-0.2, 0) is 9.53 Å². The zero-order valence-electron chi connectivity index (χ0n) is 28.2. The molecule has 1 heterocycles. The minimum absolute atomic E-state index is 0.0749. The van der Waals surface area contributed by atoms with E-state index in [1.54, 1.807) is 6.08 Å². The van der Waals surface area contributed by atoms with E-state index in [9.17, 15) is 20.1 Å². The summed E-state index contributed by atoms with van der Waals surface area (Å²) in [6, 6.07) is 0. The van der Waals surface area contributed by atoms with Crippen LogP contribution < -0.4 is 0 Å². The van der Waals surface area contributed by atoms with Gasteiger partial charge in [-0.1, -0.05) is 130 Å². The molecular formula is C39H54O5. The Hall–Kier alpha value is -2.83. The third-order valence-electron chi connectivity index (χ3n) is 9.90. The van der Waals surface area contributed by atoms with Gasteiger partial charge in [0.25, 0.3) is 0 Å². The lowest BCUT2D eigenvalue weighted by atomic mass is 9.66. The number of fused-ring (bicyclic) bond motifs is 1. The number of carbonyl (C=O) groups is 1. The summed E-state index contributed by atoms with van der Waals surface area (Å²) in [5.41, 5.74) is 2.38. The minimum atomic E-state index is -1.28. The number of epoxide rings is 1. The predicted molar refractivity (Wildman–Crippen MR) is 181 cm³/mol. The molecule has 5 heteroatoms. The van der Waals surface area contributed by atoms with Gasteiger partial charge in [0.1, 0.15) is 5.60 Å². The van der Waals surface area contributed by atoms with Gasteiger partial charge in [0.15, 0.2) is 5.78 Å². The van der Waals surface area contributed by atoms with Crippen LogP contribution in [0, 0.1) is 16.2 Å². The quantitative estimate of drug-likeness (QED) is 0.127. The van der Waals surface area contributed by atoms with Gasteiger partial charge in [0.2, 0.25) is 5.79 Å². The van der Waals surface area contributed by atoms with E-state index in [0.29, 0.717) is 19.3 Å². The molecule has 5 atom stereocenters. The van der Waals surface area contributed by atoms with Crippen molar-refractivity contribution in [3.63, 3.8) is 0 Å². The van der Waals surface area contributed by atoms with Gasteiger partial charge >= 0.3 is 0 Å². The van der Waals surface area contributed by atoms with Gasteiger partial charge < -0.3 is 20.1 Å². The average Bonchev–Trinajstić information content (AvgIpc) is 3.46. The molecule has 0 spiro atoms. The van der Waals surface area contributed by atoms with Crippen molar-refractivity contribution in [2.45, 2.75) is 112 Å². The molecule has 3 rings (SSSR count). The molecule has 3 N–H and O–H groups in total. The highest BCUT2D eigenvalue weighted by Crippen LogP contribution is 2.64. The van der Waals surface area contributed by atoms with E-state index in [4.69, 9.17) is 4.74 Å². The smallest absolute Gasteiger partial charge is 0.203 e. The predicted octanol–water partition coefficient (Wildman–Crippen LogP) is 7.95. The summed E-state index contributed by atoms with van der Waals surface area (Å²) in [4.78, 5) is 12.9. The third-order valence-corrected chi connectivity index (χ3v) is 9.90. The van der Waals surface area contributed by atoms with E-state index >= 15 is 0 Å². The van der Waals surface area contributed by atoms with Crippen molar-refractivity contribution in [1.82, 2.24) is 0 Å². The van der Waals surface area contributed by atoms with Gasteiger partial charge in [0, 0.05) is 17.3 Å². The molecule has 1 saturated heterocycles. The minimum Gasteiger partial charge on any atom is -0.393 e. The van der Waals surface area contributed by atoms with Gasteiger partial charge in [-0.2, -0.15) is 0 Å². The first-order valence-electron chi connectivity index (χ1n) is 15.8. The lowest BCUT2D eigenvalue weighted by Crippen LogP contribution is -2.47. The van der Waals surface area contributed by atoms with Crippen LogP contribution in [0.25, 0.3) is 0 Å². The topological polar surface area (TPSA) is 90.3 Å². The normalized spacial score (nSPS) is 34.7. The van der Waals surface area contributed by atoms with Crippen molar-refractivity contribution in [2.75, 3.05) is 0 Å². The number of carbonyl (C=O) groups excluding carboxylic acids is 1. The molecule has 2 saturated carbocycles. The number of allylic oxidation sites excluding steroid dienone is 17. The summed E-state index contributed by atoms with van der Waals surface area (Å²) < 4.78 is 5.80. The summed E-state index contributed by atoms with van der Waals surface area (Å²) in [6.07, 6.45) is 28.7. The SMILES string of the molecule is CC(/C=C/C=C(C)/C=C/C(=O)[C@]1(C)C[C@@H](O)CC1(C)C)=C\C=C\C=C(C)\C=C\C=C(C)\C=C\C12OC1(O)C[C@@H](O)CC2(C)C. The molecule has 0 bridgehead atoms. The van der Waals surface area contributed by atoms with Gasteiger partial charge in [0.05, 0.1) is 12.2 Å². The fourth-order valence-corrected chi connectivity index (χ4v) is 6.67. The van der Waals surface area contributed by atoms with E-state index in [1.165, 1.54) is 0 Å². The van der Waals surface area contributed by atoms with Crippen molar-refractivity contribution >= 4 is 5.78 Å². The lowest BCUT2D eigenvalue weighted by molar-refractivity contribution is -0.127. The number of hydrogen-bond donors (Lipinski definition) is 3. The molecule has 0 amide bonds. The Morgan fingerprint density at radius 3 is 1.57 bits per heavy atom. The van der Waals surface area contributed by atoms with E-state index in [1.807, 2.05) is 127 Å². The molecule has 1 aliphatic heterocycles. The Balaban J connectivity index is 1.48. The van der Waals surface area contributed by atoms with Crippen molar-refractivity contribution in [2.24, 2.45) is 16.2 Å². The van der Waals surface area contributed by atoms with Crippen LogP contribution in [0.5, 0.6) is 0 Å². The number of ether oxygens (including phenoxy) is 1. The van der Waals surface area contributed by atoms with E-state index in [2.05, 4.69) is 13.8 Å². The average molecular weight is 603 g/mol. The molecule has 2 unspecified atom stereocenters. The van der Waals surface area contributed by atoms with Crippen molar-refractivity contribution < 1.29 is 24.9 Å². The number of hydrogen-bond acceptors (Lipinski definition) is 5. The monoisotopic (exact) mass is 602 g/mol. The fourth-order valence-electron chi connectivity index (χ4n) is 6.67. The zero-order valence-corrected chi connectivity index (χ0v) is 28.2. The molecule has 0 aromatic rings. The van der Waals surface area contributed by atoms with Crippen molar-refractivity contribution in [3.8, 4) is 0 Å². The fraction of sp³-hybridized carbons (Fsp3) is 0.513. The largest absolute Gasteiger partial charge is 0.393 e. The van der Waals surface area contributed by atoms with E-state index in [0.717, 1.165) is 22.3 Å². The maximum atomic E-state index is 12.9. The second-order valence-electron chi connectivity index (χ2n) is 14.6. The second kappa shape index (κ2) is 13.7. The highest BCUT2D eigenvalue weighted by molar-refractivity contribution is 5.95. The highest BCUT2D eigenvalue weighted by Gasteiger charge is 2.77. The molecule has 5 nitrogen and oxygen atoms in total. The van der Waals surface area contributed by atoms with Crippen molar-refractivity contribution in [3.05, 3.63) is 107 Å². The van der Waals surface area contributed by atoms with Crippen LogP contribution in [0.3, 0.4) is 0 Å². The van der Waals surface area contributed by atoms with E-state index in [-0.39, 0.29) is 23.0 Å². The number of rotatable bonds is 11. The molecule has 2 aliphatic carbocycles. The van der Waals surface area contributed by atoms with Crippen LogP contribution in [-0.4, -0.2) is 44.7 Å². The number of ketones is 1. The Morgan fingerprint density at radius 2 is 1.07 bits per heavy atom. The van der Waals surface area contributed by atoms with Crippen LogP contribution in [0.1, 0.15) is 88.0 Å². The maximum absolute atomic E-state index is 12.9. The standard InChI is InChI=1S/C39H54O5/c1-28(16-12-18-30(3)20-21-34(42)37(9)26-32(40)24-35(37,5)6)14-10-11-15-29(2)17-13-19-31(4)22-23-38-36(7,8)25-33(41)27-39(38,43)44-38/h10-23,32-33,40-41,43H,24-27H2,1-9H3/b11-10+,16-12+,17-13+,21-20+,23-22+,28-14+,29-15+,30-18+,31-19+/t32-,33-,37-,38?,39?/m0/s1. The number of aliphatic hydroxyl groups is 3. The summed E-state index contributed by atoms with van der Waals surface area (Å²) in [7, 11) is 0. The zero-order chi connectivity index (χ0) is 33.0. The highest BCUT2D eigenvalue weighted by atomic mass is 16.8. The van der Waals surface area contributed by atoms with Crippen LogP contribution >= 0.6 is 0 Å². The summed E-state index contributed by atoms with van der Waals surface area (Å²) >= 11 is 0. The summed E-state index contributed by atoms with van der Waals surface area (Å²) in [5.74, 6) is -1.20. The molecule has 3 fully saturated rings. The molecule has 0 aromatic carbocycles.